The van der Waals surface area contributed by atoms with Crippen molar-refractivity contribution >= 4 is 33.4 Å². The Morgan fingerprint density at radius 1 is 1.47 bits per heavy atom. The molecule has 1 aliphatic heterocycles. The number of nitrogens with zero attached hydrogens (tertiary/aromatic N) is 1. The van der Waals surface area contributed by atoms with E-state index in [0.29, 0.717) is 4.47 Å². The van der Waals surface area contributed by atoms with E-state index in [4.69, 9.17) is 11.6 Å². The monoisotopic (exact) mass is 323 g/mol. The second-order valence-corrected chi connectivity index (χ2v) is 5.28. The minimum absolute atomic E-state index is 0.0642. The lowest BCUT2D eigenvalue weighted by molar-refractivity contribution is 0.0120. The van der Waals surface area contributed by atoms with Crippen molar-refractivity contribution in [2.45, 2.75) is 12.3 Å². The first kappa shape index (κ1) is 12.8. The summed E-state index contributed by atoms with van der Waals surface area (Å²) in [6.45, 7) is -0.469. The first-order valence-corrected chi connectivity index (χ1v) is 6.18. The summed E-state index contributed by atoms with van der Waals surface area (Å²) >= 11 is 9.10. The molecule has 1 saturated heterocycles. The number of rotatable bonds is 1. The zero-order chi connectivity index (χ0) is 12.6. The number of benzene rings is 1. The van der Waals surface area contributed by atoms with Gasteiger partial charge in [0, 0.05) is 17.4 Å². The summed E-state index contributed by atoms with van der Waals surface area (Å²) < 4.78 is 26.7. The summed E-state index contributed by atoms with van der Waals surface area (Å²) in [6, 6.07) is 4.80. The molecule has 0 spiro atoms. The van der Waals surface area contributed by atoms with Crippen LogP contribution in [0.2, 0.25) is 5.02 Å². The molecule has 0 N–H and O–H groups in total. The molecule has 17 heavy (non-hydrogen) atoms. The molecule has 1 aromatic rings. The number of halogens is 4. The number of carbonyl (C=O) groups is 1. The molecule has 0 saturated carbocycles. The van der Waals surface area contributed by atoms with E-state index < -0.39 is 18.4 Å². The van der Waals surface area contributed by atoms with Crippen molar-refractivity contribution in [2.75, 3.05) is 13.1 Å². The first-order chi connectivity index (χ1) is 7.89. The van der Waals surface area contributed by atoms with Crippen LogP contribution in [0.3, 0.4) is 0 Å². The second kappa shape index (κ2) is 4.53. The van der Waals surface area contributed by atoms with Gasteiger partial charge in [0.25, 0.3) is 11.8 Å². The number of hydrogen-bond acceptors (Lipinski definition) is 1. The van der Waals surface area contributed by atoms with Crippen LogP contribution in [0.1, 0.15) is 16.8 Å². The van der Waals surface area contributed by atoms with Gasteiger partial charge in [-0.15, -0.1) is 0 Å². The fourth-order valence-electron chi connectivity index (χ4n) is 1.74. The van der Waals surface area contributed by atoms with Gasteiger partial charge in [0.2, 0.25) is 0 Å². The van der Waals surface area contributed by atoms with E-state index in [1.807, 2.05) is 0 Å². The molecular formula is C11H9BrClF2NO. The third kappa shape index (κ3) is 2.77. The number of likely N-dealkylation sites (tertiary alicyclic amines) is 1. The van der Waals surface area contributed by atoms with E-state index in [-0.39, 0.29) is 23.6 Å². The van der Waals surface area contributed by atoms with Gasteiger partial charge in [-0.1, -0.05) is 27.5 Å². The van der Waals surface area contributed by atoms with E-state index in [1.165, 1.54) is 0 Å². The van der Waals surface area contributed by atoms with Crippen molar-refractivity contribution < 1.29 is 13.6 Å². The Balaban J connectivity index is 2.23. The Hall–Kier alpha value is -0.680. The molecule has 0 aliphatic carbocycles. The Bertz CT molecular complexity index is 467. The molecule has 1 aromatic carbocycles. The van der Waals surface area contributed by atoms with Gasteiger partial charge in [0.05, 0.1) is 17.1 Å². The second-order valence-electron chi connectivity index (χ2n) is 3.96. The van der Waals surface area contributed by atoms with Crippen molar-refractivity contribution in [3.63, 3.8) is 0 Å². The van der Waals surface area contributed by atoms with E-state index in [9.17, 15) is 13.6 Å². The van der Waals surface area contributed by atoms with Crippen molar-refractivity contribution in [3.8, 4) is 0 Å². The highest BCUT2D eigenvalue weighted by atomic mass is 79.9. The summed E-state index contributed by atoms with van der Waals surface area (Å²) in [5.74, 6) is -3.23. The van der Waals surface area contributed by atoms with E-state index >= 15 is 0 Å². The zero-order valence-electron chi connectivity index (χ0n) is 8.72. The maximum atomic E-state index is 13.0. The molecule has 0 atom stereocenters. The molecule has 0 bridgehead atoms. The molecule has 0 radical (unpaired) electrons. The highest BCUT2D eigenvalue weighted by Gasteiger charge is 2.40. The largest absolute Gasteiger partial charge is 0.332 e. The van der Waals surface area contributed by atoms with Crippen molar-refractivity contribution in [3.05, 3.63) is 33.3 Å². The molecule has 6 heteroatoms. The predicted octanol–water partition coefficient (Wildman–Crippen LogP) is 3.58. The van der Waals surface area contributed by atoms with Crippen LogP contribution in [0.15, 0.2) is 22.7 Å². The van der Waals surface area contributed by atoms with Crippen LogP contribution in [0.25, 0.3) is 0 Å². The molecule has 1 fully saturated rings. The topological polar surface area (TPSA) is 20.3 Å². The fourth-order valence-corrected chi connectivity index (χ4v) is 2.30. The van der Waals surface area contributed by atoms with E-state index in [1.54, 1.807) is 18.2 Å². The maximum absolute atomic E-state index is 13.0. The molecule has 2 nitrogen and oxygen atoms in total. The van der Waals surface area contributed by atoms with Crippen LogP contribution in [-0.2, 0) is 0 Å². The van der Waals surface area contributed by atoms with Crippen molar-refractivity contribution in [1.29, 1.82) is 0 Å². The summed E-state index contributed by atoms with van der Waals surface area (Å²) in [5.41, 5.74) is 0.249. The summed E-state index contributed by atoms with van der Waals surface area (Å²) in [5, 5.41) is 0.272. The van der Waals surface area contributed by atoms with Gasteiger partial charge in [-0.3, -0.25) is 4.79 Å². The van der Waals surface area contributed by atoms with Gasteiger partial charge in [-0.2, -0.15) is 0 Å². The molecule has 0 unspecified atom stereocenters. The Labute approximate surface area is 111 Å². The zero-order valence-corrected chi connectivity index (χ0v) is 11.1. The Morgan fingerprint density at radius 3 is 2.76 bits per heavy atom. The lowest BCUT2D eigenvalue weighted by atomic mass is 10.2. The number of carbonyl (C=O) groups excluding carboxylic acids is 1. The highest BCUT2D eigenvalue weighted by molar-refractivity contribution is 9.10. The summed E-state index contributed by atoms with van der Waals surface area (Å²) in [4.78, 5) is 13.1. The SMILES string of the molecule is O=C(c1cc(Br)ccc1Cl)N1CCC(F)(F)C1. The predicted molar refractivity (Wildman–Crippen MR) is 64.6 cm³/mol. The lowest BCUT2D eigenvalue weighted by Crippen LogP contribution is -2.31. The summed E-state index contributed by atoms with van der Waals surface area (Å²) in [6.07, 6.45) is -0.287. The molecule has 1 heterocycles. The average Bonchev–Trinajstić information content (AvgIpc) is 2.61. The van der Waals surface area contributed by atoms with Crippen LogP contribution >= 0.6 is 27.5 Å². The fraction of sp³-hybridized carbons (Fsp3) is 0.364. The standard InChI is InChI=1S/C11H9BrClF2NO/c12-7-1-2-9(13)8(5-7)10(17)16-4-3-11(14,15)6-16/h1-2,5H,3-4,6H2. The van der Waals surface area contributed by atoms with Gasteiger partial charge in [0.1, 0.15) is 0 Å². The van der Waals surface area contributed by atoms with Crippen LogP contribution in [-0.4, -0.2) is 29.8 Å². The number of alkyl halides is 2. The smallest absolute Gasteiger partial charge is 0.267 e. The quantitative estimate of drug-likeness (QED) is 0.773. The van der Waals surface area contributed by atoms with Gasteiger partial charge >= 0.3 is 0 Å². The van der Waals surface area contributed by atoms with Gasteiger partial charge in [0.15, 0.2) is 0 Å². The van der Waals surface area contributed by atoms with Gasteiger partial charge in [-0.25, -0.2) is 8.78 Å². The van der Waals surface area contributed by atoms with Crippen molar-refractivity contribution in [1.82, 2.24) is 4.90 Å². The molecule has 1 amide bonds. The minimum atomic E-state index is -2.78. The van der Waals surface area contributed by atoms with Crippen molar-refractivity contribution in [2.24, 2.45) is 0 Å². The normalized spacial score (nSPS) is 18.5. The molecule has 0 aromatic heterocycles. The average molecular weight is 325 g/mol. The molecule has 92 valence electrons. The summed E-state index contributed by atoms with van der Waals surface area (Å²) in [7, 11) is 0. The van der Waals surface area contributed by atoms with E-state index in [0.717, 1.165) is 4.90 Å². The maximum Gasteiger partial charge on any atom is 0.267 e. The Morgan fingerprint density at radius 2 is 2.18 bits per heavy atom. The third-order valence-corrected chi connectivity index (χ3v) is 3.44. The Kier molecular flexibility index (Phi) is 3.41. The number of hydrogen-bond donors (Lipinski definition) is 0. The molecular weight excluding hydrogens is 315 g/mol. The number of amides is 1. The third-order valence-electron chi connectivity index (χ3n) is 2.62. The minimum Gasteiger partial charge on any atom is -0.332 e. The van der Waals surface area contributed by atoms with Gasteiger partial charge < -0.3 is 4.90 Å². The first-order valence-electron chi connectivity index (χ1n) is 5.01. The van der Waals surface area contributed by atoms with Gasteiger partial charge in [-0.05, 0) is 18.2 Å². The van der Waals surface area contributed by atoms with Crippen LogP contribution in [0, 0.1) is 0 Å². The molecule has 2 rings (SSSR count). The highest BCUT2D eigenvalue weighted by Crippen LogP contribution is 2.30. The van der Waals surface area contributed by atoms with E-state index in [2.05, 4.69) is 15.9 Å². The lowest BCUT2D eigenvalue weighted by Gasteiger charge is -2.16. The molecule has 1 aliphatic rings. The van der Waals surface area contributed by atoms with Crippen LogP contribution in [0.4, 0.5) is 8.78 Å². The van der Waals surface area contributed by atoms with Crippen LogP contribution in [0.5, 0.6) is 0 Å². The van der Waals surface area contributed by atoms with Crippen LogP contribution < -0.4 is 0 Å².